The number of hydrogen-bond acceptors (Lipinski definition) is 3. The third-order valence-electron chi connectivity index (χ3n) is 6.70. The Morgan fingerprint density at radius 1 is 0.750 bits per heavy atom. The summed E-state index contributed by atoms with van der Waals surface area (Å²) < 4.78 is 10.1. The Hall–Kier alpha value is -2.17. The maximum Gasteiger partial charge on any atom is 0.0520 e. The molecule has 2 aromatic heterocycles. The molecule has 3 heterocycles. The van der Waals surface area contributed by atoms with Crippen molar-refractivity contribution >= 4 is 10.9 Å². The highest BCUT2D eigenvalue weighted by Gasteiger charge is 2.29. The molecule has 1 saturated heterocycles. The van der Waals surface area contributed by atoms with E-state index in [9.17, 15) is 0 Å². The number of rotatable bonds is 3. The van der Waals surface area contributed by atoms with Gasteiger partial charge in [-0.15, -0.1) is 0 Å². The van der Waals surface area contributed by atoms with Crippen LogP contribution < -0.4 is 0 Å². The van der Waals surface area contributed by atoms with E-state index in [1.54, 1.807) is 0 Å². The molecule has 4 nitrogen and oxygen atoms in total. The van der Waals surface area contributed by atoms with Crippen LogP contribution >= 0.6 is 0 Å². The molecular formula is C32H54N4. The minimum Gasteiger partial charge on any atom is -0.344 e. The molecule has 36 heavy (non-hydrogen) atoms. The first-order valence-electron chi connectivity index (χ1n) is 15.3. The second-order valence-electron chi connectivity index (χ2n) is 8.33. The molecule has 1 aliphatic carbocycles. The van der Waals surface area contributed by atoms with Crippen LogP contribution in [-0.2, 0) is 0 Å². The quantitative estimate of drug-likeness (QED) is 0.364. The smallest absolute Gasteiger partial charge is 0.0520 e. The summed E-state index contributed by atoms with van der Waals surface area (Å²) in [5, 5.41) is 1.26. The van der Waals surface area contributed by atoms with Gasteiger partial charge in [-0.1, -0.05) is 85.7 Å². The van der Waals surface area contributed by atoms with E-state index >= 15 is 0 Å². The zero-order valence-corrected chi connectivity index (χ0v) is 24.5. The second kappa shape index (κ2) is 18.1. The Bertz CT molecular complexity index is 940. The van der Waals surface area contributed by atoms with E-state index in [1.807, 2.05) is 67.8 Å². The fraction of sp³-hybridized carbons (Fsp3) is 0.594. The van der Waals surface area contributed by atoms with Crippen molar-refractivity contribution in [3.8, 4) is 11.1 Å². The van der Waals surface area contributed by atoms with Gasteiger partial charge in [-0.3, -0.25) is 9.88 Å². The average molecular weight is 496 g/mol. The van der Waals surface area contributed by atoms with Gasteiger partial charge in [-0.2, -0.15) is 0 Å². The standard InChI is InChI=1S/C24H30N4.4C2H6/c1-26-13-15-27(16-14-26)20-7-9-21(10-8-20)28-18-23(19-5-3-2-4-6-19)22-17-25-12-11-24(22)28;4*1-2/h2-6,11-12,17-18,20-21H,7-10,13-16H2,1H3;4*1-2H3/i1D;;;;. The van der Waals surface area contributed by atoms with Gasteiger partial charge in [-0.25, -0.2) is 0 Å². The summed E-state index contributed by atoms with van der Waals surface area (Å²) in [6.45, 7) is 20.4. The van der Waals surface area contributed by atoms with Crippen LogP contribution in [0.15, 0.2) is 55.0 Å². The summed E-state index contributed by atoms with van der Waals surface area (Å²) >= 11 is 0. The second-order valence-corrected chi connectivity index (χ2v) is 8.33. The normalized spacial score (nSPS) is 20.2. The Labute approximate surface area is 224 Å². The highest BCUT2D eigenvalue weighted by molar-refractivity contribution is 5.95. The van der Waals surface area contributed by atoms with Gasteiger partial charge in [-0.05, 0) is 44.3 Å². The number of likely N-dealkylation sites (N-methyl/N-ethyl adjacent to an activating group) is 1. The molecule has 202 valence electrons. The van der Waals surface area contributed by atoms with E-state index in [4.69, 9.17) is 1.37 Å². The van der Waals surface area contributed by atoms with Gasteiger partial charge in [0, 0.05) is 69.2 Å². The molecule has 2 aliphatic rings. The third kappa shape index (κ3) is 8.18. The first-order chi connectivity index (χ1) is 18.3. The summed E-state index contributed by atoms with van der Waals surface area (Å²) in [6.07, 6.45) is 11.3. The van der Waals surface area contributed by atoms with Gasteiger partial charge in [0.05, 0.1) is 5.52 Å². The molecule has 0 N–H and O–H groups in total. The molecule has 0 atom stereocenters. The van der Waals surface area contributed by atoms with E-state index in [2.05, 4.69) is 61.9 Å². The SMILES string of the molecule is CC.CC.CC.CC.[2H]CN1CCN(C2CCC(n3cc(-c4ccccc4)c4cnccc43)CC2)CC1. The van der Waals surface area contributed by atoms with Crippen molar-refractivity contribution in [2.24, 2.45) is 0 Å². The van der Waals surface area contributed by atoms with Gasteiger partial charge < -0.3 is 9.47 Å². The van der Waals surface area contributed by atoms with Gasteiger partial charge in [0.25, 0.3) is 0 Å². The molecule has 3 aromatic rings. The number of nitrogens with zero attached hydrogens (tertiary/aromatic N) is 4. The lowest BCUT2D eigenvalue weighted by Gasteiger charge is -2.41. The molecule has 0 radical (unpaired) electrons. The van der Waals surface area contributed by atoms with Crippen LogP contribution in [-0.4, -0.2) is 58.6 Å². The first-order valence-corrected chi connectivity index (χ1v) is 14.6. The number of hydrogen-bond donors (Lipinski definition) is 0. The summed E-state index contributed by atoms with van der Waals surface area (Å²) in [6, 6.07) is 14.2. The minimum absolute atomic E-state index is 0.444. The largest absolute Gasteiger partial charge is 0.344 e. The Balaban J connectivity index is 0.000000784. The van der Waals surface area contributed by atoms with Crippen molar-refractivity contribution in [1.29, 1.82) is 0 Å². The molecule has 1 saturated carbocycles. The van der Waals surface area contributed by atoms with Crippen LogP contribution in [0.3, 0.4) is 0 Å². The summed E-state index contributed by atoms with van der Waals surface area (Å²) in [5.74, 6) is 0. The van der Waals surface area contributed by atoms with E-state index in [0.717, 1.165) is 32.2 Å². The number of piperazine rings is 1. The van der Waals surface area contributed by atoms with Crippen molar-refractivity contribution in [3.63, 3.8) is 0 Å². The third-order valence-corrected chi connectivity index (χ3v) is 6.70. The topological polar surface area (TPSA) is 24.3 Å². The molecule has 0 bridgehead atoms. The van der Waals surface area contributed by atoms with Crippen LogP contribution in [0.1, 0.15) is 88.5 Å². The van der Waals surface area contributed by atoms with E-state index in [0.29, 0.717) is 13.1 Å². The highest BCUT2D eigenvalue weighted by Crippen LogP contribution is 2.37. The minimum atomic E-state index is 0.444. The molecule has 1 aromatic carbocycles. The van der Waals surface area contributed by atoms with Gasteiger partial charge >= 0.3 is 0 Å². The number of aromatic nitrogens is 2. The van der Waals surface area contributed by atoms with Crippen LogP contribution in [0, 0.1) is 0 Å². The number of fused-ring (bicyclic) bond motifs is 1. The average Bonchev–Trinajstić information content (AvgIpc) is 3.42. The predicted octanol–water partition coefficient (Wildman–Crippen LogP) is 8.54. The summed E-state index contributed by atoms with van der Waals surface area (Å²) in [7, 11) is 0.444. The molecule has 4 heteroatoms. The molecular weight excluding hydrogens is 440 g/mol. The van der Waals surface area contributed by atoms with Crippen molar-refractivity contribution in [2.75, 3.05) is 33.2 Å². The summed E-state index contributed by atoms with van der Waals surface area (Å²) in [4.78, 5) is 9.33. The van der Waals surface area contributed by atoms with Crippen LogP contribution in [0.4, 0.5) is 0 Å². The lowest BCUT2D eigenvalue weighted by Crippen LogP contribution is -2.49. The van der Waals surface area contributed by atoms with Gasteiger partial charge in [0.2, 0.25) is 0 Å². The Morgan fingerprint density at radius 2 is 1.33 bits per heavy atom. The Morgan fingerprint density at radius 3 is 1.92 bits per heavy atom. The maximum atomic E-state index is 7.56. The monoisotopic (exact) mass is 495 g/mol. The lowest BCUT2D eigenvalue weighted by atomic mass is 9.89. The van der Waals surface area contributed by atoms with E-state index < -0.39 is 0 Å². The highest BCUT2D eigenvalue weighted by atomic mass is 15.3. The van der Waals surface area contributed by atoms with Crippen molar-refractivity contribution in [3.05, 3.63) is 55.0 Å². The van der Waals surface area contributed by atoms with Crippen molar-refractivity contribution in [1.82, 2.24) is 19.4 Å². The molecule has 0 spiro atoms. The molecule has 0 unspecified atom stereocenters. The molecule has 2 fully saturated rings. The van der Waals surface area contributed by atoms with Crippen LogP contribution in [0.2, 0.25) is 0 Å². The first kappa shape index (κ1) is 30.1. The van der Waals surface area contributed by atoms with Crippen LogP contribution in [0.5, 0.6) is 0 Å². The molecule has 0 amide bonds. The lowest BCUT2D eigenvalue weighted by molar-refractivity contribution is 0.0828. The summed E-state index contributed by atoms with van der Waals surface area (Å²) in [5.41, 5.74) is 3.87. The maximum absolute atomic E-state index is 7.56. The Kier molecular flexibility index (Phi) is 15.1. The predicted molar refractivity (Wildman–Crippen MR) is 161 cm³/mol. The molecule has 5 rings (SSSR count). The van der Waals surface area contributed by atoms with E-state index in [-0.39, 0.29) is 0 Å². The van der Waals surface area contributed by atoms with Crippen molar-refractivity contribution in [2.45, 2.75) is 93.2 Å². The van der Waals surface area contributed by atoms with Gasteiger partial charge in [0.15, 0.2) is 0 Å². The fourth-order valence-electron chi connectivity index (χ4n) is 5.08. The van der Waals surface area contributed by atoms with Crippen molar-refractivity contribution < 1.29 is 1.37 Å². The zero-order chi connectivity index (χ0) is 27.6. The van der Waals surface area contributed by atoms with Gasteiger partial charge in [0.1, 0.15) is 0 Å². The number of benzene rings is 1. The molecule has 1 aliphatic heterocycles. The van der Waals surface area contributed by atoms with E-state index in [1.165, 1.54) is 47.7 Å². The number of pyridine rings is 1. The zero-order valence-electron chi connectivity index (χ0n) is 25.5. The van der Waals surface area contributed by atoms with Crippen LogP contribution in [0.25, 0.3) is 22.0 Å². The fourth-order valence-corrected chi connectivity index (χ4v) is 5.08.